The number of carbonyl (C=O) groups is 1. The molecule has 1 aliphatic rings. The van der Waals surface area contributed by atoms with Crippen molar-refractivity contribution in [2.45, 2.75) is 58.5 Å². The average molecular weight is 542 g/mol. The minimum atomic E-state index is 0. The van der Waals surface area contributed by atoms with Gasteiger partial charge in [0.2, 0.25) is 5.91 Å². The first-order valence-corrected chi connectivity index (χ1v) is 11.3. The highest BCUT2D eigenvalue weighted by atomic mass is 127. The van der Waals surface area contributed by atoms with Gasteiger partial charge in [-0.05, 0) is 37.0 Å². The fraction of sp³-hybridized carbons (Fsp3) is 0.500. The first-order chi connectivity index (χ1) is 14.2. The van der Waals surface area contributed by atoms with Gasteiger partial charge in [-0.2, -0.15) is 0 Å². The minimum Gasteiger partial charge on any atom is -0.352 e. The number of aromatic nitrogens is 1. The second-order valence-electron chi connectivity index (χ2n) is 7.38. The molecule has 1 aliphatic carbocycles. The highest BCUT2D eigenvalue weighted by molar-refractivity contribution is 14.0. The molecule has 164 valence electrons. The van der Waals surface area contributed by atoms with E-state index in [2.05, 4.69) is 32.9 Å². The summed E-state index contributed by atoms with van der Waals surface area (Å²) in [5.41, 5.74) is 1.95. The molecule has 0 atom stereocenters. The zero-order chi connectivity index (χ0) is 20.5. The summed E-state index contributed by atoms with van der Waals surface area (Å²) >= 11 is 1.72. The SMILES string of the molecule is CCc1cnc(CNC(=NC)NCc2cccc(NC(=O)C3CCCCC3)c2)s1.I. The predicted molar refractivity (Wildman–Crippen MR) is 136 cm³/mol. The maximum atomic E-state index is 12.5. The molecule has 1 aromatic heterocycles. The number of hydrogen-bond donors (Lipinski definition) is 3. The molecule has 1 saturated carbocycles. The molecule has 1 heterocycles. The summed E-state index contributed by atoms with van der Waals surface area (Å²) in [4.78, 5) is 22.5. The summed E-state index contributed by atoms with van der Waals surface area (Å²) in [6.07, 6.45) is 8.54. The molecule has 0 unspecified atom stereocenters. The monoisotopic (exact) mass is 541 g/mol. The second-order valence-corrected chi connectivity index (χ2v) is 8.58. The maximum Gasteiger partial charge on any atom is 0.227 e. The molecule has 0 saturated heterocycles. The van der Waals surface area contributed by atoms with E-state index in [-0.39, 0.29) is 35.8 Å². The second kappa shape index (κ2) is 12.9. The highest BCUT2D eigenvalue weighted by Crippen LogP contribution is 2.25. The Morgan fingerprint density at radius 1 is 1.20 bits per heavy atom. The van der Waals surface area contributed by atoms with Gasteiger partial charge in [0.05, 0.1) is 6.54 Å². The molecule has 0 radical (unpaired) electrons. The number of aliphatic imine (C=N–C) groups is 1. The molecule has 0 spiro atoms. The fourth-order valence-corrected chi connectivity index (χ4v) is 4.33. The lowest BCUT2D eigenvalue weighted by atomic mass is 9.88. The summed E-state index contributed by atoms with van der Waals surface area (Å²) in [7, 11) is 1.76. The first kappa shape index (κ1) is 24.6. The molecule has 8 heteroatoms. The number of halogens is 1. The van der Waals surface area contributed by atoms with Gasteiger partial charge in [-0.1, -0.05) is 38.3 Å². The molecule has 1 fully saturated rings. The van der Waals surface area contributed by atoms with E-state index in [9.17, 15) is 4.79 Å². The number of aryl methyl sites for hydroxylation is 1. The van der Waals surface area contributed by atoms with Gasteiger partial charge in [0.1, 0.15) is 5.01 Å². The van der Waals surface area contributed by atoms with Gasteiger partial charge in [-0.3, -0.25) is 9.79 Å². The topological polar surface area (TPSA) is 78.4 Å². The van der Waals surface area contributed by atoms with Crippen LogP contribution in [0.5, 0.6) is 0 Å². The Balaban J connectivity index is 0.00000320. The smallest absolute Gasteiger partial charge is 0.227 e. The van der Waals surface area contributed by atoms with E-state index in [0.29, 0.717) is 13.1 Å². The van der Waals surface area contributed by atoms with Gasteiger partial charge in [-0.15, -0.1) is 35.3 Å². The molecular formula is C22H32IN5OS. The molecule has 1 aromatic carbocycles. The summed E-state index contributed by atoms with van der Waals surface area (Å²) in [5, 5.41) is 10.8. The molecule has 30 heavy (non-hydrogen) atoms. The zero-order valence-corrected chi connectivity index (χ0v) is 20.9. The maximum absolute atomic E-state index is 12.5. The zero-order valence-electron chi connectivity index (χ0n) is 17.7. The molecule has 0 bridgehead atoms. The number of rotatable bonds is 7. The number of benzene rings is 1. The Labute approximate surface area is 200 Å². The lowest BCUT2D eigenvalue weighted by Crippen LogP contribution is -2.36. The van der Waals surface area contributed by atoms with Crippen molar-refractivity contribution in [3.05, 3.63) is 45.9 Å². The van der Waals surface area contributed by atoms with Crippen LogP contribution in [0.15, 0.2) is 35.5 Å². The van der Waals surface area contributed by atoms with E-state index in [1.54, 1.807) is 18.4 Å². The third kappa shape index (κ3) is 7.54. The van der Waals surface area contributed by atoms with Crippen molar-refractivity contribution in [2.24, 2.45) is 10.9 Å². The van der Waals surface area contributed by atoms with Crippen LogP contribution in [0.3, 0.4) is 0 Å². The summed E-state index contributed by atoms with van der Waals surface area (Å²) in [6.45, 7) is 3.42. The van der Waals surface area contributed by atoms with Crippen molar-refractivity contribution in [3.63, 3.8) is 0 Å². The van der Waals surface area contributed by atoms with Gasteiger partial charge < -0.3 is 16.0 Å². The Morgan fingerprint density at radius 3 is 2.67 bits per heavy atom. The molecule has 2 aromatic rings. The van der Waals surface area contributed by atoms with Crippen molar-refractivity contribution in [1.82, 2.24) is 15.6 Å². The number of hydrogen-bond acceptors (Lipinski definition) is 4. The van der Waals surface area contributed by atoms with Crippen LogP contribution in [0.4, 0.5) is 5.69 Å². The quantitative estimate of drug-likeness (QED) is 0.270. The van der Waals surface area contributed by atoms with Crippen LogP contribution in [-0.4, -0.2) is 23.9 Å². The third-order valence-electron chi connectivity index (χ3n) is 5.21. The van der Waals surface area contributed by atoms with Crippen molar-refractivity contribution in [1.29, 1.82) is 0 Å². The Bertz CT molecular complexity index is 832. The molecule has 3 rings (SSSR count). The molecule has 1 amide bonds. The normalized spacial score (nSPS) is 14.7. The van der Waals surface area contributed by atoms with E-state index >= 15 is 0 Å². The van der Waals surface area contributed by atoms with Crippen molar-refractivity contribution in [2.75, 3.05) is 12.4 Å². The number of anilines is 1. The van der Waals surface area contributed by atoms with Crippen molar-refractivity contribution in [3.8, 4) is 0 Å². The average Bonchev–Trinajstić information content (AvgIpc) is 3.23. The standard InChI is InChI=1S/C22H31N5OS.HI/c1-3-19-14-24-20(29-19)15-26-22(23-2)25-13-16-8-7-11-18(12-16)27-21(28)17-9-5-4-6-10-17;/h7-8,11-12,14,17H,3-6,9-10,13,15H2,1-2H3,(H,27,28)(H2,23,25,26);1H. The summed E-state index contributed by atoms with van der Waals surface area (Å²) in [5.74, 6) is 1.05. The van der Waals surface area contributed by atoms with Gasteiger partial charge >= 0.3 is 0 Å². The van der Waals surface area contributed by atoms with Crippen LogP contribution in [0.25, 0.3) is 0 Å². The highest BCUT2D eigenvalue weighted by Gasteiger charge is 2.21. The van der Waals surface area contributed by atoms with E-state index in [4.69, 9.17) is 0 Å². The fourth-order valence-electron chi connectivity index (χ4n) is 3.53. The van der Waals surface area contributed by atoms with Crippen LogP contribution in [0.1, 0.15) is 54.5 Å². The number of nitrogens with one attached hydrogen (secondary N) is 3. The molecule has 0 aliphatic heterocycles. The lowest BCUT2D eigenvalue weighted by molar-refractivity contribution is -0.120. The lowest BCUT2D eigenvalue weighted by Gasteiger charge is -2.21. The first-order valence-electron chi connectivity index (χ1n) is 10.5. The van der Waals surface area contributed by atoms with Crippen molar-refractivity contribution < 1.29 is 4.79 Å². The molecular weight excluding hydrogens is 509 g/mol. The number of carbonyl (C=O) groups excluding carboxylic acids is 1. The van der Waals surface area contributed by atoms with Gasteiger partial charge in [0, 0.05) is 36.3 Å². The van der Waals surface area contributed by atoms with Gasteiger partial charge in [0.25, 0.3) is 0 Å². The summed E-state index contributed by atoms with van der Waals surface area (Å²) < 4.78 is 0. The minimum absolute atomic E-state index is 0. The largest absolute Gasteiger partial charge is 0.352 e. The Hall–Kier alpha value is -1.68. The van der Waals surface area contributed by atoms with Crippen LogP contribution >= 0.6 is 35.3 Å². The van der Waals surface area contributed by atoms with E-state index in [0.717, 1.165) is 54.3 Å². The third-order valence-corrected chi connectivity index (χ3v) is 6.35. The van der Waals surface area contributed by atoms with Crippen LogP contribution < -0.4 is 16.0 Å². The number of thiazole rings is 1. The van der Waals surface area contributed by atoms with Gasteiger partial charge in [0.15, 0.2) is 5.96 Å². The summed E-state index contributed by atoms with van der Waals surface area (Å²) in [6, 6.07) is 8.00. The number of guanidine groups is 1. The van der Waals surface area contributed by atoms with E-state index in [1.165, 1.54) is 11.3 Å². The van der Waals surface area contributed by atoms with Crippen LogP contribution in [0.2, 0.25) is 0 Å². The van der Waals surface area contributed by atoms with Crippen molar-refractivity contribution >= 4 is 52.9 Å². The van der Waals surface area contributed by atoms with Gasteiger partial charge in [-0.25, -0.2) is 4.98 Å². The van der Waals surface area contributed by atoms with E-state index < -0.39 is 0 Å². The predicted octanol–water partition coefficient (Wildman–Crippen LogP) is 4.71. The number of nitrogens with zero attached hydrogens (tertiary/aromatic N) is 2. The Kier molecular flexibility index (Phi) is 10.6. The van der Waals surface area contributed by atoms with Crippen LogP contribution in [0, 0.1) is 5.92 Å². The Morgan fingerprint density at radius 2 is 1.97 bits per heavy atom. The van der Waals surface area contributed by atoms with Crippen LogP contribution in [-0.2, 0) is 24.3 Å². The number of amides is 1. The molecule has 6 nitrogen and oxygen atoms in total. The van der Waals surface area contributed by atoms with E-state index in [1.807, 2.05) is 30.5 Å². The molecule has 3 N–H and O–H groups in total.